The predicted octanol–water partition coefficient (Wildman–Crippen LogP) is 3.10. The Kier molecular flexibility index (Phi) is 4.78. The zero-order chi connectivity index (χ0) is 13.0. The van der Waals surface area contributed by atoms with E-state index >= 15 is 0 Å². The van der Waals surface area contributed by atoms with E-state index in [9.17, 15) is 5.11 Å². The number of thioether (sulfide) groups is 1. The molecule has 0 aliphatic heterocycles. The van der Waals surface area contributed by atoms with Gasteiger partial charge in [0.05, 0.1) is 25.2 Å². The van der Waals surface area contributed by atoms with E-state index in [1.165, 1.54) is 0 Å². The van der Waals surface area contributed by atoms with Crippen molar-refractivity contribution in [3.8, 4) is 11.5 Å². The van der Waals surface area contributed by atoms with E-state index in [-0.39, 0.29) is 6.10 Å². The van der Waals surface area contributed by atoms with Gasteiger partial charge >= 0.3 is 0 Å². The van der Waals surface area contributed by atoms with Gasteiger partial charge in [-0.3, -0.25) is 0 Å². The maximum atomic E-state index is 9.52. The molecule has 18 heavy (non-hydrogen) atoms. The molecule has 0 amide bonds. The number of hydrogen-bond donors (Lipinski definition) is 1. The van der Waals surface area contributed by atoms with Crippen LogP contribution in [0.4, 0.5) is 0 Å². The summed E-state index contributed by atoms with van der Waals surface area (Å²) in [6.07, 6.45) is 3.83. The molecule has 100 valence electrons. The molecule has 1 aromatic carbocycles. The van der Waals surface area contributed by atoms with Gasteiger partial charge < -0.3 is 14.6 Å². The highest BCUT2D eigenvalue weighted by Crippen LogP contribution is 2.39. The Morgan fingerprint density at radius 3 is 2.44 bits per heavy atom. The fourth-order valence-electron chi connectivity index (χ4n) is 2.22. The van der Waals surface area contributed by atoms with Gasteiger partial charge in [-0.1, -0.05) is 0 Å². The van der Waals surface area contributed by atoms with Crippen LogP contribution in [0.3, 0.4) is 0 Å². The molecular formula is C14H20O3S. The van der Waals surface area contributed by atoms with E-state index in [4.69, 9.17) is 9.47 Å². The van der Waals surface area contributed by atoms with Crippen LogP contribution in [0, 0.1) is 0 Å². The zero-order valence-corrected chi connectivity index (χ0v) is 11.7. The molecule has 1 aliphatic carbocycles. The third-order valence-electron chi connectivity index (χ3n) is 3.31. The normalized spacial score (nSPS) is 23.7. The van der Waals surface area contributed by atoms with Crippen molar-refractivity contribution in [1.82, 2.24) is 0 Å². The van der Waals surface area contributed by atoms with Crippen molar-refractivity contribution in [3.63, 3.8) is 0 Å². The van der Waals surface area contributed by atoms with Gasteiger partial charge in [0.1, 0.15) is 11.5 Å². The largest absolute Gasteiger partial charge is 0.497 e. The van der Waals surface area contributed by atoms with Crippen molar-refractivity contribution in [3.05, 3.63) is 18.2 Å². The summed E-state index contributed by atoms with van der Waals surface area (Å²) >= 11 is 1.83. The Bertz CT molecular complexity index is 387. The molecule has 0 radical (unpaired) electrons. The topological polar surface area (TPSA) is 38.7 Å². The van der Waals surface area contributed by atoms with E-state index in [1.54, 1.807) is 14.2 Å². The molecule has 0 bridgehead atoms. The summed E-state index contributed by atoms with van der Waals surface area (Å²) in [6, 6.07) is 5.88. The second-order valence-electron chi connectivity index (χ2n) is 4.57. The number of aliphatic hydroxyl groups excluding tert-OH is 1. The molecule has 1 aromatic rings. The zero-order valence-electron chi connectivity index (χ0n) is 10.9. The summed E-state index contributed by atoms with van der Waals surface area (Å²) in [6.45, 7) is 0. The minimum absolute atomic E-state index is 0.103. The molecule has 1 N–H and O–H groups in total. The van der Waals surface area contributed by atoms with Crippen LogP contribution < -0.4 is 9.47 Å². The third kappa shape index (κ3) is 3.33. The average molecular weight is 268 g/mol. The van der Waals surface area contributed by atoms with Crippen molar-refractivity contribution in [2.24, 2.45) is 0 Å². The fraction of sp³-hybridized carbons (Fsp3) is 0.571. The lowest BCUT2D eigenvalue weighted by molar-refractivity contribution is 0.132. The van der Waals surface area contributed by atoms with Gasteiger partial charge in [0, 0.05) is 5.25 Å². The Morgan fingerprint density at radius 1 is 1.11 bits per heavy atom. The maximum absolute atomic E-state index is 9.52. The molecule has 0 unspecified atom stereocenters. The molecule has 0 atom stereocenters. The summed E-state index contributed by atoms with van der Waals surface area (Å²) in [5.74, 6) is 1.75. The van der Waals surface area contributed by atoms with Crippen molar-refractivity contribution in [1.29, 1.82) is 0 Å². The minimum atomic E-state index is -0.103. The smallest absolute Gasteiger partial charge is 0.132 e. The fourth-order valence-corrected chi connectivity index (χ4v) is 3.54. The van der Waals surface area contributed by atoms with Gasteiger partial charge in [0.25, 0.3) is 0 Å². The van der Waals surface area contributed by atoms with E-state index in [0.29, 0.717) is 5.25 Å². The molecule has 3 nitrogen and oxygen atoms in total. The summed E-state index contributed by atoms with van der Waals surface area (Å²) in [5, 5.41) is 10.1. The maximum Gasteiger partial charge on any atom is 0.132 e. The van der Waals surface area contributed by atoms with Crippen LogP contribution in [-0.2, 0) is 0 Å². The lowest BCUT2D eigenvalue weighted by atomic mass is 9.97. The van der Waals surface area contributed by atoms with Gasteiger partial charge in [-0.2, -0.15) is 0 Å². The Labute approximate surface area is 112 Å². The van der Waals surface area contributed by atoms with E-state index in [0.717, 1.165) is 42.1 Å². The highest BCUT2D eigenvalue weighted by atomic mass is 32.2. The Balaban J connectivity index is 2.07. The second kappa shape index (κ2) is 6.34. The average Bonchev–Trinajstić information content (AvgIpc) is 2.41. The molecule has 2 rings (SSSR count). The molecule has 1 saturated carbocycles. The molecule has 1 fully saturated rings. The minimum Gasteiger partial charge on any atom is -0.497 e. The molecule has 1 aliphatic rings. The lowest BCUT2D eigenvalue weighted by Gasteiger charge is -2.25. The van der Waals surface area contributed by atoms with Crippen molar-refractivity contribution >= 4 is 11.8 Å². The van der Waals surface area contributed by atoms with Crippen LogP contribution in [-0.4, -0.2) is 30.7 Å². The highest BCUT2D eigenvalue weighted by molar-refractivity contribution is 8.00. The quantitative estimate of drug-likeness (QED) is 0.910. The van der Waals surface area contributed by atoms with Crippen LogP contribution in [0.25, 0.3) is 0 Å². The molecule has 0 spiro atoms. The first-order chi connectivity index (χ1) is 8.72. The first-order valence-corrected chi connectivity index (χ1v) is 7.17. The van der Waals surface area contributed by atoms with Crippen molar-refractivity contribution in [2.45, 2.75) is 41.9 Å². The van der Waals surface area contributed by atoms with Crippen LogP contribution in [0.1, 0.15) is 25.7 Å². The predicted molar refractivity (Wildman–Crippen MR) is 73.7 cm³/mol. The van der Waals surface area contributed by atoms with Crippen LogP contribution in [0.5, 0.6) is 11.5 Å². The van der Waals surface area contributed by atoms with Crippen molar-refractivity contribution < 1.29 is 14.6 Å². The highest BCUT2D eigenvalue weighted by Gasteiger charge is 2.21. The Morgan fingerprint density at radius 2 is 1.83 bits per heavy atom. The Hall–Kier alpha value is -0.870. The van der Waals surface area contributed by atoms with Crippen LogP contribution in [0.15, 0.2) is 23.1 Å². The third-order valence-corrected chi connectivity index (χ3v) is 4.69. The molecule has 0 heterocycles. The number of hydrogen-bond acceptors (Lipinski definition) is 4. The number of rotatable bonds is 4. The monoisotopic (exact) mass is 268 g/mol. The molecular weight excluding hydrogens is 248 g/mol. The standard InChI is InChI=1S/C14H20O3S/c1-16-11-5-8-13(17-2)14(9-11)18-12-6-3-10(15)4-7-12/h5,8-10,12,15H,3-4,6-7H2,1-2H3. The number of methoxy groups -OCH3 is 2. The van der Waals surface area contributed by atoms with Crippen LogP contribution in [0.2, 0.25) is 0 Å². The SMILES string of the molecule is COc1ccc(OC)c(SC2CCC(O)CC2)c1. The summed E-state index contributed by atoms with van der Waals surface area (Å²) in [4.78, 5) is 1.12. The summed E-state index contributed by atoms with van der Waals surface area (Å²) in [5.41, 5.74) is 0. The molecule has 4 heteroatoms. The van der Waals surface area contributed by atoms with E-state index in [1.807, 2.05) is 30.0 Å². The van der Waals surface area contributed by atoms with Gasteiger partial charge in [-0.25, -0.2) is 0 Å². The number of aliphatic hydroxyl groups is 1. The summed E-state index contributed by atoms with van der Waals surface area (Å²) in [7, 11) is 3.36. The number of ether oxygens (including phenoxy) is 2. The van der Waals surface area contributed by atoms with Crippen molar-refractivity contribution in [2.75, 3.05) is 14.2 Å². The first-order valence-electron chi connectivity index (χ1n) is 6.29. The molecule has 0 aromatic heterocycles. The van der Waals surface area contributed by atoms with Gasteiger partial charge in [-0.05, 0) is 43.9 Å². The molecule has 0 saturated heterocycles. The first kappa shape index (κ1) is 13.6. The number of benzene rings is 1. The van der Waals surface area contributed by atoms with E-state index in [2.05, 4.69) is 0 Å². The lowest BCUT2D eigenvalue weighted by Crippen LogP contribution is -2.19. The van der Waals surface area contributed by atoms with Gasteiger partial charge in [0.15, 0.2) is 0 Å². The second-order valence-corrected chi connectivity index (χ2v) is 5.91. The van der Waals surface area contributed by atoms with Crippen LogP contribution >= 0.6 is 11.8 Å². The van der Waals surface area contributed by atoms with Gasteiger partial charge in [0.2, 0.25) is 0 Å². The van der Waals surface area contributed by atoms with E-state index < -0.39 is 0 Å². The van der Waals surface area contributed by atoms with Gasteiger partial charge in [-0.15, -0.1) is 11.8 Å². The summed E-state index contributed by atoms with van der Waals surface area (Å²) < 4.78 is 10.6.